The maximum atomic E-state index is 9.46. The van der Waals surface area contributed by atoms with Gasteiger partial charge in [0.25, 0.3) is 0 Å². The molecule has 2 rings (SSSR count). The molecule has 1 heterocycles. The maximum absolute atomic E-state index is 9.46. The Morgan fingerprint density at radius 1 is 1.22 bits per heavy atom. The maximum Gasteiger partial charge on any atom is 0.177 e. The van der Waals surface area contributed by atoms with Crippen LogP contribution in [0.4, 0.5) is 0 Å². The topological polar surface area (TPSA) is 47.9 Å². The molecule has 3 atom stereocenters. The Kier molecular flexibility index (Phi) is 4.36. The number of aliphatic hydroxyl groups is 1. The lowest BCUT2D eigenvalue weighted by Gasteiger charge is -2.26. The fraction of sp³-hybridized carbons (Fsp3) is 0.429. The van der Waals surface area contributed by atoms with Gasteiger partial charge >= 0.3 is 0 Å². The SMILES string of the molecule is COc1ccc(CO[C@H]2C=CC(O)[C@@H](C)O2)cc1. The van der Waals surface area contributed by atoms with Crippen LogP contribution in [0.2, 0.25) is 0 Å². The number of rotatable bonds is 4. The van der Waals surface area contributed by atoms with Crippen molar-refractivity contribution >= 4 is 0 Å². The van der Waals surface area contributed by atoms with Crippen molar-refractivity contribution in [3.8, 4) is 5.75 Å². The molecule has 0 saturated carbocycles. The Bertz CT molecular complexity index is 399. The Labute approximate surface area is 107 Å². The highest BCUT2D eigenvalue weighted by atomic mass is 16.7. The molecule has 0 amide bonds. The minimum atomic E-state index is -0.550. The summed E-state index contributed by atoms with van der Waals surface area (Å²) in [6, 6.07) is 7.68. The van der Waals surface area contributed by atoms with Crippen LogP contribution in [0.1, 0.15) is 12.5 Å². The summed E-state index contributed by atoms with van der Waals surface area (Å²) < 4.78 is 16.2. The zero-order valence-electron chi connectivity index (χ0n) is 10.6. The number of aliphatic hydroxyl groups excluding tert-OH is 1. The Balaban J connectivity index is 1.86. The molecule has 0 spiro atoms. The first-order valence-electron chi connectivity index (χ1n) is 5.95. The second kappa shape index (κ2) is 6.00. The van der Waals surface area contributed by atoms with Gasteiger partial charge in [0, 0.05) is 0 Å². The van der Waals surface area contributed by atoms with Crippen LogP contribution in [0.15, 0.2) is 36.4 Å². The summed E-state index contributed by atoms with van der Waals surface area (Å²) in [5.41, 5.74) is 1.05. The van der Waals surface area contributed by atoms with E-state index in [2.05, 4.69) is 0 Å². The monoisotopic (exact) mass is 250 g/mol. The number of methoxy groups -OCH3 is 1. The van der Waals surface area contributed by atoms with E-state index in [4.69, 9.17) is 14.2 Å². The van der Waals surface area contributed by atoms with Crippen molar-refractivity contribution < 1.29 is 19.3 Å². The molecule has 0 aliphatic carbocycles. The standard InChI is InChI=1S/C14H18O4/c1-10-13(15)7-8-14(18-10)17-9-11-3-5-12(16-2)6-4-11/h3-8,10,13-15H,9H2,1-2H3/t10-,13?,14-/m1/s1. The van der Waals surface area contributed by atoms with Crippen LogP contribution in [-0.2, 0) is 16.1 Å². The van der Waals surface area contributed by atoms with Crippen LogP contribution in [0.3, 0.4) is 0 Å². The number of ether oxygens (including phenoxy) is 3. The summed E-state index contributed by atoms with van der Waals surface area (Å²) in [5.74, 6) is 0.823. The van der Waals surface area contributed by atoms with E-state index in [1.54, 1.807) is 19.3 Å². The molecular formula is C14H18O4. The van der Waals surface area contributed by atoms with E-state index in [0.29, 0.717) is 6.61 Å². The van der Waals surface area contributed by atoms with Crippen LogP contribution < -0.4 is 4.74 Å². The molecule has 0 aromatic heterocycles. The van der Waals surface area contributed by atoms with Crippen molar-refractivity contribution in [1.82, 2.24) is 0 Å². The van der Waals surface area contributed by atoms with E-state index in [9.17, 15) is 5.11 Å². The second-order valence-electron chi connectivity index (χ2n) is 4.24. The molecule has 4 nitrogen and oxygen atoms in total. The first-order chi connectivity index (χ1) is 8.69. The Morgan fingerprint density at radius 2 is 1.94 bits per heavy atom. The van der Waals surface area contributed by atoms with Crippen molar-refractivity contribution in [3.63, 3.8) is 0 Å². The normalized spacial score (nSPS) is 27.2. The van der Waals surface area contributed by atoms with Gasteiger partial charge in [-0.1, -0.05) is 18.2 Å². The zero-order valence-corrected chi connectivity index (χ0v) is 10.6. The highest BCUT2D eigenvalue weighted by Crippen LogP contribution is 2.16. The molecule has 1 aliphatic rings. The molecule has 0 fully saturated rings. The second-order valence-corrected chi connectivity index (χ2v) is 4.24. The minimum Gasteiger partial charge on any atom is -0.497 e. The predicted octanol–water partition coefficient (Wildman–Crippen LogP) is 1.87. The van der Waals surface area contributed by atoms with E-state index in [1.165, 1.54) is 0 Å². The van der Waals surface area contributed by atoms with Gasteiger partial charge in [-0.25, -0.2) is 0 Å². The highest BCUT2D eigenvalue weighted by Gasteiger charge is 2.21. The lowest BCUT2D eigenvalue weighted by atomic mass is 10.2. The molecule has 0 radical (unpaired) electrons. The van der Waals surface area contributed by atoms with Gasteiger partial charge in [0.1, 0.15) is 5.75 Å². The quantitative estimate of drug-likeness (QED) is 0.829. The molecule has 0 bridgehead atoms. The number of hydrogen-bond donors (Lipinski definition) is 1. The summed E-state index contributed by atoms with van der Waals surface area (Å²) in [7, 11) is 1.64. The smallest absolute Gasteiger partial charge is 0.177 e. The molecule has 18 heavy (non-hydrogen) atoms. The molecule has 1 aromatic carbocycles. The van der Waals surface area contributed by atoms with Gasteiger partial charge in [0.2, 0.25) is 0 Å². The van der Waals surface area contributed by atoms with E-state index in [-0.39, 0.29) is 6.10 Å². The van der Waals surface area contributed by atoms with Gasteiger partial charge in [-0.05, 0) is 30.7 Å². The fourth-order valence-electron chi connectivity index (χ4n) is 1.69. The van der Waals surface area contributed by atoms with Crippen LogP contribution in [0, 0.1) is 0 Å². The molecule has 98 valence electrons. The summed E-state index contributed by atoms with van der Waals surface area (Å²) in [6.45, 7) is 2.28. The van der Waals surface area contributed by atoms with E-state index in [1.807, 2.05) is 31.2 Å². The number of benzene rings is 1. The largest absolute Gasteiger partial charge is 0.497 e. The third-order valence-corrected chi connectivity index (χ3v) is 2.87. The van der Waals surface area contributed by atoms with E-state index >= 15 is 0 Å². The molecule has 4 heteroatoms. The van der Waals surface area contributed by atoms with Crippen LogP contribution in [0.5, 0.6) is 5.75 Å². The van der Waals surface area contributed by atoms with E-state index in [0.717, 1.165) is 11.3 Å². The third kappa shape index (κ3) is 3.32. The lowest BCUT2D eigenvalue weighted by molar-refractivity contribution is -0.170. The fourth-order valence-corrected chi connectivity index (χ4v) is 1.69. The van der Waals surface area contributed by atoms with Crippen LogP contribution in [-0.4, -0.2) is 30.7 Å². The lowest BCUT2D eigenvalue weighted by Crippen LogP contribution is -2.33. The first kappa shape index (κ1) is 13.1. The predicted molar refractivity (Wildman–Crippen MR) is 67.3 cm³/mol. The van der Waals surface area contributed by atoms with Gasteiger partial charge in [-0.3, -0.25) is 0 Å². The summed E-state index contributed by atoms with van der Waals surface area (Å²) >= 11 is 0. The van der Waals surface area contributed by atoms with Crippen LogP contribution in [0.25, 0.3) is 0 Å². The van der Waals surface area contributed by atoms with E-state index < -0.39 is 12.4 Å². The van der Waals surface area contributed by atoms with Gasteiger partial charge in [0.05, 0.1) is 25.9 Å². The third-order valence-electron chi connectivity index (χ3n) is 2.87. The Morgan fingerprint density at radius 3 is 2.56 bits per heavy atom. The molecule has 0 saturated heterocycles. The van der Waals surface area contributed by atoms with Gasteiger partial charge < -0.3 is 19.3 Å². The van der Waals surface area contributed by atoms with Crippen molar-refractivity contribution in [2.45, 2.75) is 32.0 Å². The summed E-state index contributed by atoms with van der Waals surface area (Å²) in [6.07, 6.45) is 2.24. The van der Waals surface area contributed by atoms with Gasteiger partial charge in [-0.15, -0.1) is 0 Å². The van der Waals surface area contributed by atoms with Crippen molar-refractivity contribution in [1.29, 1.82) is 0 Å². The van der Waals surface area contributed by atoms with Crippen molar-refractivity contribution in [2.75, 3.05) is 7.11 Å². The summed E-state index contributed by atoms with van der Waals surface area (Å²) in [5, 5.41) is 9.46. The highest BCUT2D eigenvalue weighted by molar-refractivity contribution is 5.26. The van der Waals surface area contributed by atoms with Gasteiger partial charge in [-0.2, -0.15) is 0 Å². The number of hydrogen-bond acceptors (Lipinski definition) is 4. The van der Waals surface area contributed by atoms with Crippen molar-refractivity contribution in [3.05, 3.63) is 42.0 Å². The molecule has 1 aliphatic heterocycles. The average molecular weight is 250 g/mol. The molecule has 1 unspecified atom stereocenters. The van der Waals surface area contributed by atoms with Gasteiger partial charge in [0.15, 0.2) is 6.29 Å². The molecular weight excluding hydrogens is 232 g/mol. The Hall–Kier alpha value is -1.36. The molecule has 1 N–H and O–H groups in total. The van der Waals surface area contributed by atoms with Crippen LogP contribution >= 0.6 is 0 Å². The zero-order chi connectivity index (χ0) is 13.0. The minimum absolute atomic E-state index is 0.240. The molecule has 1 aromatic rings. The van der Waals surface area contributed by atoms with Crippen molar-refractivity contribution in [2.24, 2.45) is 0 Å². The average Bonchev–Trinajstić information content (AvgIpc) is 2.41. The summed E-state index contributed by atoms with van der Waals surface area (Å²) in [4.78, 5) is 0. The first-order valence-corrected chi connectivity index (χ1v) is 5.95.